The van der Waals surface area contributed by atoms with Gasteiger partial charge in [-0.2, -0.15) is 0 Å². The first-order valence-corrected chi connectivity index (χ1v) is 15.6. The summed E-state index contributed by atoms with van der Waals surface area (Å²) in [5.74, 6) is -2.89. The molecule has 3 atom stereocenters. The van der Waals surface area contributed by atoms with Crippen LogP contribution in [0.1, 0.15) is 18.5 Å². The molecule has 2 aromatic rings. The van der Waals surface area contributed by atoms with Gasteiger partial charge in [-0.05, 0) is 33.7 Å². The number of phenolic OH excluding ortho intramolecular Hbond substituents is 1. The predicted molar refractivity (Wildman–Crippen MR) is 161 cm³/mol. The van der Waals surface area contributed by atoms with Crippen molar-refractivity contribution in [2.24, 2.45) is 7.05 Å². The van der Waals surface area contributed by atoms with E-state index < -0.39 is 60.1 Å². The maximum atomic E-state index is 13.6. The lowest BCUT2D eigenvalue weighted by atomic mass is 10.0. The minimum Gasteiger partial charge on any atom is -0.506 e. The van der Waals surface area contributed by atoms with Crippen molar-refractivity contribution in [3.63, 3.8) is 0 Å². The quantitative estimate of drug-likeness (QED) is 0.112. The fourth-order valence-electron chi connectivity index (χ4n) is 4.23. The molecule has 0 saturated carbocycles. The molecule has 2 unspecified atom stereocenters. The van der Waals surface area contributed by atoms with Crippen LogP contribution in [0.5, 0.6) is 5.75 Å². The zero-order chi connectivity index (χ0) is 33.7. The Morgan fingerprint density at radius 3 is 2.61 bits per heavy atom. The second-order valence-corrected chi connectivity index (χ2v) is 12.1. The topological polar surface area (TPSA) is 227 Å². The molecule has 246 valence electrons. The summed E-state index contributed by atoms with van der Waals surface area (Å²) in [6, 6.07) is -0.478. The highest BCUT2D eigenvalue weighted by molar-refractivity contribution is 8.01. The Bertz CT molecular complexity index is 1600. The van der Waals surface area contributed by atoms with Crippen molar-refractivity contribution >= 4 is 70.9 Å². The molecule has 1 aromatic heterocycles. The molecule has 46 heavy (non-hydrogen) atoms. The SMILES string of the molecule is CNC(=O)N(C)C(=O)NC(C(=O)NC1C(=O)N2C(C(=O)OCOC(C)=O)=C(CSc3nnnn3C)CS[C@@H]12)c1ccc(O)c(Cl)c1. The van der Waals surface area contributed by atoms with E-state index in [9.17, 15) is 33.9 Å². The number of imide groups is 1. The Morgan fingerprint density at radius 1 is 1.24 bits per heavy atom. The van der Waals surface area contributed by atoms with Gasteiger partial charge in [0.1, 0.15) is 28.9 Å². The number of urea groups is 2. The summed E-state index contributed by atoms with van der Waals surface area (Å²) in [6.07, 6.45) is 0. The lowest BCUT2D eigenvalue weighted by Gasteiger charge is -2.50. The number of carbonyl (C=O) groups excluding carboxylic acids is 6. The van der Waals surface area contributed by atoms with Crippen molar-refractivity contribution in [2.45, 2.75) is 29.5 Å². The van der Waals surface area contributed by atoms with Crippen LogP contribution >= 0.6 is 35.1 Å². The number of rotatable bonds is 10. The standard InChI is InChI=1S/C25H28ClN9O9S2/c1-11(36)43-10-44-22(40)18-13(9-46-25-30-31-32-34(25)4)8-45-21-17(20(39)35(18)21)28-19(38)16(12-5-6-15(37)14(26)7-12)29-24(42)33(3)23(41)27-2/h5-7,16-17,21,37H,8-10H2,1-4H3,(H,27,41)(H,28,38)(H,29,42)/t16?,17?,21-/m0/s1. The number of aromatic hydroxyl groups is 1. The van der Waals surface area contributed by atoms with Crippen LogP contribution in [-0.2, 0) is 35.7 Å². The largest absolute Gasteiger partial charge is 0.506 e. The third-order valence-electron chi connectivity index (χ3n) is 6.61. The molecule has 1 saturated heterocycles. The van der Waals surface area contributed by atoms with E-state index >= 15 is 0 Å². The van der Waals surface area contributed by atoms with Gasteiger partial charge in [-0.1, -0.05) is 29.4 Å². The molecule has 4 N–H and O–H groups in total. The van der Waals surface area contributed by atoms with Gasteiger partial charge >= 0.3 is 24.0 Å². The molecule has 0 radical (unpaired) electrons. The number of amides is 6. The fourth-order valence-corrected chi connectivity index (χ4v) is 6.76. The van der Waals surface area contributed by atoms with Crippen LogP contribution in [0.25, 0.3) is 0 Å². The maximum absolute atomic E-state index is 13.6. The molecule has 21 heteroatoms. The second kappa shape index (κ2) is 14.7. The first-order valence-electron chi connectivity index (χ1n) is 13.2. The van der Waals surface area contributed by atoms with E-state index in [-0.39, 0.29) is 33.5 Å². The molecule has 0 bridgehead atoms. The van der Waals surface area contributed by atoms with E-state index in [1.54, 1.807) is 7.05 Å². The number of nitrogens with one attached hydrogen (secondary N) is 3. The van der Waals surface area contributed by atoms with E-state index in [1.165, 1.54) is 65.4 Å². The maximum Gasteiger partial charge on any atom is 0.357 e. The zero-order valence-corrected chi connectivity index (χ0v) is 27.1. The lowest BCUT2D eigenvalue weighted by molar-refractivity contribution is -0.166. The van der Waals surface area contributed by atoms with Gasteiger partial charge in [0.05, 0.1) is 5.02 Å². The molecule has 0 spiro atoms. The molecular weight excluding hydrogens is 670 g/mol. The Balaban J connectivity index is 1.56. The van der Waals surface area contributed by atoms with Crippen molar-refractivity contribution in [1.29, 1.82) is 0 Å². The smallest absolute Gasteiger partial charge is 0.357 e. The number of hydrogen-bond donors (Lipinski definition) is 4. The Labute approximate surface area is 274 Å². The number of hydrogen-bond acceptors (Lipinski definition) is 14. The average Bonchev–Trinajstić information content (AvgIpc) is 3.45. The van der Waals surface area contributed by atoms with Crippen LogP contribution < -0.4 is 16.0 Å². The highest BCUT2D eigenvalue weighted by atomic mass is 35.5. The highest BCUT2D eigenvalue weighted by Gasteiger charge is 2.55. The number of ether oxygens (including phenoxy) is 2. The molecule has 1 fully saturated rings. The minimum atomic E-state index is -1.45. The third-order valence-corrected chi connectivity index (χ3v) is 9.34. The van der Waals surface area contributed by atoms with Crippen LogP contribution in [0.4, 0.5) is 9.59 Å². The second-order valence-electron chi connectivity index (χ2n) is 9.62. The summed E-state index contributed by atoms with van der Waals surface area (Å²) in [5.41, 5.74) is 0.587. The molecule has 1 aromatic carbocycles. The number of fused-ring (bicyclic) bond motifs is 1. The highest BCUT2D eigenvalue weighted by Crippen LogP contribution is 2.42. The number of nitrogens with zero attached hydrogens (tertiary/aromatic N) is 6. The van der Waals surface area contributed by atoms with E-state index in [2.05, 4.69) is 31.5 Å². The van der Waals surface area contributed by atoms with Gasteiger partial charge in [-0.3, -0.25) is 19.3 Å². The fraction of sp³-hybridized carbons (Fsp3) is 0.400. The van der Waals surface area contributed by atoms with Crippen molar-refractivity contribution in [1.82, 2.24) is 46.0 Å². The lowest BCUT2D eigenvalue weighted by Crippen LogP contribution is -2.71. The van der Waals surface area contributed by atoms with E-state index in [1.807, 2.05) is 0 Å². The number of halogens is 1. The molecule has 2 aliphatic heterocycles. The van der Waals surface area contributed by atoms with Gasteiger partial charge in [0.2, 0.25) is 17.9 Å². The number of tetrazole rings is 1. The molecular formula is C25H28ClN9O9S2. The van der Waals surface area contributed by atoms with Gasteiger partial charge in [-0.25, -0.2) is 24.0 Å². The Morgan fingerprint density at radius 2 is 1.98 bits per heavy atom. The number of esters is 2. The van der Waals surface area contributed by atoms with Crippen LogP contribution in [0.15, 0.2) is 34.6 Å². The first kappa shape index (κ1) is 34.3. The average molecular weight is 698 g/mol. The normalized spacial score (nSPS) is 17.7. The van der Waals surface area contributed by atoms with Crippen molar-refractivity contribution in [3.8, 4) is 5.75 Å². The Hall–Kier alpha value is -4.56. The number of β-lactam (4-membered cyclic amide) rings is 1. The third kappa shape index (κ3) is 7.45. The van der Waals surface area contributed by atoms with Gasteiger partial charge in [-0.15, -0.1) is 16.9 Å². The number of benzene rings is 1. The van der Waals surface area contributed by atoms with E-state index in [0.717, 1.165) is 6.92 Å². The molecule has 2 aliphatic rings. The molecule has 3 heterocycles. The summed E-state index contributed by atoms with van der Waals surface area (Å²) in [6.45, 7) is 0.467. The van der Waals surface area contributed by atoms with Crippen LogP contribution in [0.3, 0.4) is 0 Å². The van der Waals surface area contributed by atoms with Crippen molar-refractivity contribution < 1.29 is 43.3 Å². The van der Waals surface area contributed by atoms with E-state index in [4.69, 9.17) is 21.1 Å². The van der Waals surface area contributed by atoms with Gasteiger partial charge < -0.3 is 30.5 Å². The monoisotopic (exact) mass is 697 g/mol. The summed E-state index contributed by atoms with van der Waals surface area (Å²) in [5, 5.41) is 28.0. The molecule has 18 nitrogen and oxygen atoms in total. The number of phenols is 1. The van der Waals surface area contributed by atoms with Crippen LogP contribution in [0, 0.1) is 0 Å². The van der Waals surface area contributed by atoms with Gasteiger partial charge in [0.15, 0.2) is 0 Å². The molecule has 0 aliphatic carbocycles. The Kier molecular flexibility index (Phi) is 11.0. The first-order chi connectivity index (χ1) is 21.8. The number of aryl methyl sites for hydroxylation is 1. The number of carbonyl (C=O) groups is 6. The zero-order valence-electron chi connectivity index (χ0n) is 24.7. The molecule has 4 rings (SSSR count). The van der Waals surface area contributed by atoms with Crippen LogP contribution in [0.2, 0.25) is 5.02 Å². The number of aromatic nitrogens is 4. The minimum absolute atomic E-state index is 0.0728. The summed E-state index contributed by atoms with van der Waals surface area (Å²) < 4.78 is 11.3. The van der Waals surface area contributed by atoms with Crippen molar-refractivity contribution in [2.75, 3.05) is 32.4 Å². The van der Waals surface area contributed by atoms with Crippen molar-refractivity contribution in [3.05, 3.63) is 40.1 Å². The van der Waals surface area contributed by atoms with E-state index in [0.29, 0.717) is 15.6 Å². The molecule has 6 amide bonds. The number of thioether (sulfide) groups is 2. The predicted octanol–water partition coefficient (Wildman–Crippen LogP) is 0.101. The summed E-state index contributed by atoms with van der Waals surface area (Å²) >= 11 is 8.54. The summed E-state index contributed by atoms with van der Waals surface area (Å²) in [4.78, 5) is 78.1. The van der Waals surface area contributed by atoms with Gasteiger partial charge in [0, 0.05) is 39.6 Å². The summed E-state index contributed by atoms with van der Waals surface area (Å²) in [7, 11) is 4.14. The van der Waals surface area contributed by atoms with Gasteiger partial charge in [0.25, 0.3) is 5.91 Å². The van der Waals surface area contributed by atoms with Crippen LogP contribution in [-0.4, -0.2) is 115 Å².